The van der Waals surface area contributed by atoms with Crippen LogP contribution in [0.4, 0.5) is 11.4 Å². The van der Waals surface area contributed by atoms with E-state index in [2.05, 4.69) is 58.6 Å². The number of hydrogen-bond acceptors (Lipinski definition) is 4. The van der Waals surface area contributed by atoms with Gasteiger partial charge in [-0.25, -0.2) is 0 Å². The Bertz CT molecular complexity index is 943. The van der Waals surface area contributed by atoms with Crippen LogP contribution in [0, 0.1) is 6.92 Å². The lowest BCUT2D eigenvalue weighted by atomic mass is 10.1. The molecule has 0 atom stereocenters. The van der Waals surface area contributed by atoms with Gasteiger partial charge in [-0.3, -0.25) is 4.98 Å². The third-order valence-corrected chi connectivity index (χ3v) is 4.90. The van der Waals surface area contributed by atoms with E-state index < -0.39 is 0 Å². The Morgan fingerprint density at radius 2 is 1.93 bits per heavy atom. The molecule has 0 amide bonds. The minimum atomic E-state index is 0.593. The Morgan fingerprint density at radius 1 is 1.14 bits per heavy atom. The highest BCUT2D eigenvalue weighted by atomic mass is 32.1. The third kappa shape index (κ3) is 4.70. The Kier molecular flexibility index (Phi) is 6.66. The number of nitrogens with zero attached hydrogens (tertiary/aromatic N) is 2. The van der Waals surface area contributed by atoms with Crippen LogP contribution in [0.5, 0.6) is 5.75 Å². The maximum absolute atomic E-state index is 5.49. The topological polar surface area (TPSA) is 49.4 Å². The van der Waals surface area contributed by atoms with Crippen LogP contribution >= 0.6 is 12.2 Å². The normalized spacial score (nSPS) is 10.5. The van der Waals surface area contributed by atoms with Gasteiger partial charge in [0, 0.05) is 42.6 Å². The first kappa shape index (κ1) is 19.9. The Balaban J connectivity index is 1.60. The second kappa shape index (κ2) is 9.37. The van der Waals surface area contributed by atoms with Crippen molar-refractivity contribution in [1.29, 1.82) is 0 Å². The lowest BCUT2D eigenvalue weighted by Crippen LogP contribution is -2.36. The van der Waals surface area contributed by atoms with Gasteiger partial charge in [0.2, 0.25) is 0 Å². The average Bonchev–Trinajstić information content (AvgIpc) is 2.72. The summed E-state index contributed by atoms with van der Waals surface area (Å²) in [5, 5.41) is 8.14. The van der Waals surface area contributed by atoms with E-state index in [1.165, 1.54) is 11.3 Å². The number of nitrogens with one attached hydrogen (secondary N) is 2. The predicted molar refractivity (Wildman–Crippen MR) is 122 cm³/mol. The summed E-state index contributed by atoms with van der Waals surface area (Å²) in [6, 6.07) is 16.4. The standard InChI is InChI=1S/C22H26N4OS/c1-4-26(17-9-7-16(2)8-10-17)15-14-24-22(28)25-19-11-12-20(27-3)21-18(19)6-5-13-23-21/h5-13H,4,14-15H2,1-3H3,(H2,24,25,28). The number of aromatic nitrogens is 1. The molecule has 0 aliphatic rings. The van der Waals surface area contributed by atoms with E-state index in [1.807, 2.05) is 24.3 Å². The maximum atomic E-state index is 5.49. The predicted octanol–water partition coefficient (Wildman–Crippen LogP) is 4.36. The van der Waals surface area contributed by atoms with Gasteiger partial charge in [0.1, 0.15) is 11.3 Å². The van der Waals surface area contributed by atoms with Gasteiger partial charge < -0.3 is 20.3 Å². The van der Waals surface area contributed by atoms with Gasteiger partial charge in [-0.1, -0.05) is 17.7 Å². The zero-order valence-corrected chi connectivity index (χ0v) is 17.3. The first-order chi connectivity index (χ1) is 13.6. The van der Waals surface area contributed by atoms with Crippen molar-refractivity contribution in [3.8, 4) is 5.75 Å². The summed E-state index contributed by atoms with van der Waals surface area (Å²) in [7, 11) is 1.65. The van der Waals surface area contributed by atoms with E-state index >= 15 is 0 Å². The zero-order chi connectivity index (χ0) is 19.9. The van der Waals surface area contributed by atoms with Crippen molar-refractivity contribution in [3.63, 3.8) is 0 Å². The monoisotopic (exact) mass is 394 g/mol. The molecule has 0 fully saturated rings. The van der Waals surface area contributed by atoms with Crippen molar-refractivity contribution in [2.45, 2.75) is 13.8 Å². The first-order valence-electron chi connectivity index (χ1n) is 9.40. The van der Waals surface area contributed by atoms with Crippen LogP contribution in [0.15, 0.2) is 54.7 Å². The molecule has 0 unspecified atom stereocenters. The molecule has 3 aromatic rings. The van der Waals surface area contributed by atoms with Crippen molar-refractivity contribution >= 4 is 39.6 Å². The molecular weight excluding hydrogens is 368 g/mol. The number of hydrogen-bond donors (Lipinski definition) is 2. The number of thiocarbonyl (C=S) groups is 1. The van der Waals surface area contributed by atoms with Gasteiger partial charge >= 0.3 is 0 Å². The highest BCUT2D eigenvalue weighted by Crippen LogP contribution is 2.29. The highest BCUT2D eigenvalue weighted by Gasteiger charge is 2.09. The van der Waals surface area contributed by atoms with E-state index in [1.54, 1.807) is 13.3 Å². The van der Waals surface area contributed by atoms with Crippen molar-refractivity contribution in [2.75, 3.05) is 37.0 Å². The molecule has 0 saturated carbocycles. The molecule has 0 spiro atoms. The summed E-state index contributed by atoms with van der Waals surface area (Å²) in [5.74, 6) is 0.747. The minimum Gasteiger partial charge on any atom is -0.494 e. The van der Waals surface area contributed by atoms with Gasteiger partial charge in [-0.2, -0.15) is 0 Å². The summed E-state index contributed by atoms with van der Waals surface area (Å²) < 4.78 is 5.40. The van der Waals surface area contributed by atoms with Crippen LogP contribution in [-0.4, -0.2) is 36.8 Å². The smallest absolute Gasteiger partial charge is 0.170 e. The summed E-state index contributed by atoms with van der Waals surface area (Å²) in [4.78, 5) is 6.74. The number of benzene rings is 2. The molecule has 5 nitrogen and oxygen atoms in total. The molecule has 0 saturated heterocycles. The minimum absolute atomic E-state index is 0.593. The Labute approximate surface area is 171 Å². The number of likely N-dealkylation sites (N-methyl/N-ethyl adjacent to an activating group) is 1. The average molecular weight is 395 g/mol. The van der Waals surface area contributed by atoms with Crippen LogP contribution < -0.4 is 20.3 Å². The second-order valence-electron chi connectivity index (χ2n) is 6.51. The van der Waals surface area contributed by atoms with E-state index in [4.69, 9.17) is 17.0 Å². The first-order valence-corrected chi connectivity index (χ1v) is 9.81. The Hall–Kier alpha value is -2.86. The lowest BCUT2D eigenvalue weighted by molar-refractivity contribution is 0.419. The largest absolute Gasteiger partial charge is 0.494 e. The third-order valence-electron chi connectivity index (χ3n) is 4.65. The summed E-state index contributed by atoms with van der Waals surface area (Å²) in [5.41, 5.74) is 4.21. The zero-order valence-electron chi connectivity index (χ0n) is 16.5. The van der Waals surface area contributed by atoms with Crippen LogP contribution in [0.3, 0.4) is 0 Å². The molecule has 0 radical (unpaired) electrons. The molecule has 1 aromatic heterocycles. The molecule has 2 aromatic carbocycles. The fraction of sp³-hybridized carbons (Fsp3) is 0.273. The molecular formula is C22H26N4OS. The van der Waals surface area contributed by atoms with Gasteiger partial charge in [0.25, 0.3) is 0 Å². The quantitative estimate of drug-likeness (QED) is 0.581. The number of anilines is 2. The van der Waals surface area contributed by atoms with E-state index in [0.29, 0.717) is 5.11 Å². The highest BCUT2D eigenvalue weighted by molar-refractivity contribution is 7.80. The molecule has 146 valence electrons. The van der Waals surface area contributed by atoms with Crippen LogP contribution in [0.2, 0.25) is 0 Å². The van der Waals surface area contributed by atoms with Crippen LogP contribution in [0.1, 0.15) is 12.5 Å². The molecule has 0 aliphatic heterocycles. The second-order valence-corrected chi connectivity index (χ2v) is 6.92. The molecule has 0 aliphatic carbocycles. The SMILES string of the molecule is CCN(CCNC(=S)Nc1ccc(OC)c2ncccc12)c1ccc(C)cc1. The number of rotatable bonds is 7. The summed E-state index contributed by atoms with van der Waals surface area (Å²) >= 11 is 5.49. The molecule has 28 heavy (non-hydrogen) atoms. The fourth-order valence-electron chi connectivity index (χ4n) is 3.12. The van der Waals surface area contributed by atoms with Gasteiger partial charge in [-0.15, -0.1) is 0 Å². The molecule has 0 bridgehead atoms. The number of aryl methyl sites for hydroxylation is 1. The van der Waals surface area contributed by atoms with E-state index in [0.717, 1.165) is 42.0 Å². The van der Waals surface area contributed by atoms with Crippen molar-refractivity contribution in [2.24, 2.45) is 0 Å². The van der Waals surface area contributed by atoms with E-state index in [9.17, 15) is 0 Å². The Morgan fingerprint density at radius 3 is 2.64 bits per heavy atom. The van der Waals surface area contributed by atoms with Gasteiger partial charge in [0.05, 0.1) is 7.11 Å². The summed E-state index contributed by atoms with van der Waals surface area (Å²) in [6.45, 7) is 6.82. The van der Waals surface area contributed by atoms with Crippen molar-refractivity contribution < 1.29 is 4.74 Å². The number of methoxy groups -OCH3 is 1. The van der Waals surface area contributed by atoms with Crippen molar-refractivity contribution in [3.05, 3.63) is 60.3 Å². The molecule has 6 heteroatoms. The van der Waals surface area contributed by atoms with Crippen LogP contribution in [-0.2, 0) is 0 Å². The lowest BCUT2D eigenvalue weighted by Gasteiger charge is -2.24. The van der Waals surface area contributed by atoms with Gasteiger partial charge in [0.15, 0.2) is 5.11 Å². The van der Waals surface area contributed by atoms with Crippen LogP contribution in [0.25, 0.3) is 10.9 Å². The van der Waals surface area contributed by atoms with Crippen molar-refractivity contribution in [1.82, 2.24) is 10.3 Å². The summed E-state index contributed by atoms with van der Waals surface area (Å²) in [6.07, 6.45) is 1.76. The number of fused-ring (bicyclic) bond motifs is 1. The fourth-order valence-corrected chi connectivity index (χ4v) is 3.33. The molecule has 2 N–H and O–H groups in total. The van der Waals surface area contributed by atoms with E-state index in [-0.39, 0.29) is 0 Å². The maximum Gasteiger partial charge on any atom is 0.170 e. The molecule has 1 heterocycles. The van der Waals surface area contributed by atoms with Gasteiger partial charge in [-0.05, 0) is 62.5 Å². The number of ether oxygens (including phenoxy) is 1. The number of pyridine rings is 1. The molecule has 3 rings (SSSR count).